The number of nitrogens with zero attached hydrogens (tertiary/aromatic N) is 1. The van der Waals surface area contributed by atoms with Crippen molar-refractivity contribution in [1.82, 2.24) is 4.90 Å². The zero-order chi connectivity index (χ0) is 24.6. The Morgan fingerprint density at radius 3 is 2.32 bits per heavy atom. The second-order valence-corrected chi connectivity index (χ2v) is 13.7. The van der Waals surface area contributed by atoms with E-state index in [9.17, 15) is 13.2 Å². The third kappa shape index (κ3) is 6.51. The van der Waals surface area contributed by atoms with Gasteiger partial charge in [0.25, 0.3) is 0 Å². The first-order chi connectivity index (χ1) is 15.9. The minimum absolute atomic E-state index is 0.0371. The third-order valence-corrected chi connectivity index (χ3v) is 7.43. The molecule has 0 aliphatic carbocycles. The van der Waals surface area contributed by atoms with Crippen molar-refractivity contribution in [3.8, 4) is 16.9 Å². The number of amides is 1. The van der Waals surface area contributed by atoms with E-state index in [0.717, 1.165) is 40.8 Å². The van der Waals surface area contributed by atoms with E-state index in [2.05, 4.69) is 6.07 Å². The normalized spacial score (nSPS) is 17.7. The number of aryl methyl sites for hydroxylation is 1. The molecule has 1 spiro atoms. The average Bonchev–Trinajstić information content (AvgIpc) is 2.77. The summed E-state index contributed by atoms with van der Waals surface area (Å²) in [6, 6.07) is 13.8. The molecule has 2 aliphatic heterocycles. The topological polar surface area (TPSA) is 72.9 Å². The number of carbonyl (C=O) groups is 1. The van der Waals surface area contributed by atoms with Gasteiger partial charge in [0, 0.05) is 32.2 Å². The van der Waals surface area contributed by atoms with Crippen LogP contribution in [0.2, 0.25) is 0 Å². The molecule has 1 fully saturated rings. The zero-order valence-corrected chi connectivity index (χ0v) is 21.8. The number of likely N-dealkylation sites (tertiary alicyclic amines) is 1. The number of piperidine rings is 1. The van der Waals surface area contributed by atoms with Crippen molar-refractivity contribution in [3.05, 3.63) is 53.6 Å². The van der Waals surface area contributed by atoms with E-state index in [1.807, 2.05) is 36.4 Å². The van der Waals surface area contributed by atoms with Gasteiger partial charge in [-0.3, -0.25) is 0 Å². The van der Waals surface area contributed by atoms with Crippen molar-refractivity contribution in [3.63, 3.8) is 0 Å². The van der Waals surface area contributed by atoms with Crippen LogP contribution in [0, 0.1) is 0 Å². The molecule has 2 aromatic rings. The van der Waals surface area contributed by atoms with Gasteiger partial charge in [0.05, 0.1) is 5.75 Å². The molecule has 0 bridgehead atoms. The summed E-state index contributed by atoms with van der Waals surface area (Å²) in [5, 5.41) is 0. The molecule has 1 saturated heterocycles. The van der Waals surface area contributed by atoms with Crippen LogP contribution in [0.3, 0.4) is 0 Å². The van der Waals surface area contributed by atoms with E-state index in [1.165, 1.54) is 6.26 Å². The number of alkyl halides is 3. The molecule has 2 heterocycles. The molecule has 10 heteroatoms. The van der Waals surface area contributed by atoms with Crippen LogP contribution in [0.4, 0.5) is 4.79 Å². The molecule has 0 unspecified atom stereocenters. The summed E-state index contributed by atoms with van der Waals surface area (Å²) in [6.07, 6.45) is 3.92. The molecule has 0 atom stereocenters. The molecule has 34 heavy (non-hydrogen) atoms. The number of benzene rings is 2. The molecule has 2 aliphatic rings. The molecule has 0 aromatic heterocycles. The van der Waals surface area contributed by atoms with E-state index < -0.39 is 19.7 Å². The summed E-state index contributed by atoms with van der Waals surface area (Å²) in [7, 11) is -3.06. The third-order valence-electron chi connectivity index (χ3n) is 6.25. The number of carbonyl (C=O) groups excluding carboxylic acids is 1. The fourth-order valence-electron chi connectivity index (χ4n) is 4.48. The minimum Gasteiger partial charge on any atom is -0.487 e. The van der Waals surface area contributed by atoms with Crippen LogP contribution in [0.1, 0.15) is 30.4 Å². The maximum atomic E-state index is 12.2. The van der Waals surface area contributed by atoms with Gasteiger partial charge in [0.2, 0.25) is 3.79 Å². The van der Waals surface area contributed by atoms with E-state index in [0.29, 0.717) is 25.9 Å². The Balaban J connectivity index is 1.38. The van der Waals surface area contributed by atoms with Gasteiger partial charge in [0.15, 0.2) is 9.84 Å². The summed E-state index contributed by atoms with van der Waals surface area (Å²) in [5.74, 6) is 0.908. The van der Waals surface area contributed by atoms with Crippen LogP contribution >= 0.6 is 34.8 Å². The van der Waals surface area contributed by atoms with Gasteiger partial charge >= 0.3 is 6.09 Å². The monoisotopic (exact) mass is 545 g/mol. The van der Waals surface area contributed by atoms with Crippen molar-refractivity contribution in [2.24, 2.45) is 0 Å². The Labute approximate surface area is 215 Å². The second-order valence-electron chi connectivity index (χ2n) is 9.03. The number of sulfone groups is 1. The van der Waals surface area contributed by atoms with Crippen LogP contribution in [-0.4, -0.2) is 54.8 Å². The van der Waals surface area contributed by atoms with Gasteiger partial charge in [-0.05, 0) is 47.2 Å². The van der Waals surface area contributed by atoms with Crippen molar-refractivity contribution >= 4 is 50.7 Å². The molecule has 0 N–H and O–H groups in total. The molecular weight excluding hydrogens is 521 g/mol. The Bertz CT molecular complexity index is 1150. The largest absolute Gasteiger partial charge is 0.487 e. The standard InChI is InChI=1S/C24H26Cl3NO5S/c1-34(30,31)15-17-2-4-18(5-3-17)19-6-7-21-20(14-19)8-9-23(33-21)10-12-28(13-11-23)22(29)32-16-24(25,26)27/h2-7,14H,8-13,15-16H2,1H3. The number of fused-ring (bicyclic) bond motifs is 1. The van der Waals surface area contributed by atoms with E-state index >= 15 is 0 Å². The molecule has 0 saturated carbocycles. The molecular formula is C24H26Cl3NO5S. The van der Waals surface area contributed by atoms with Crippen LogP contribution < -0.4 is 4.74 Å². The highest BCUT2D eigenvalue weighted by Gasteiger charge is 2.41. The number of hydrogen-bond donors (Lipinski definition) is 0. The first kappa shape index (κ1) is 25.4. The van der Waals surface area contributed by atoms with Gasteiger partial charge in [-0.15, -0.1) is 0 Å². The lowest BCUT2D eigenvalue weighted by atomic mass is 9.82. The lowest BCUT2D eigenvalue weighted by molar-refractivity contribution is -0.0141. The Kier molecular flexibility index (Phi) is 7.30. The fraction of sp³-hybridized carbons (Fsp3) is 0.458. The molecule has 6 nitrogen and oxygen atoms in total. The van der Waals surface area contributed by atoms with Crippen molar-refractivity contribution < 1.29 is 22.7 Å². The highest BCUT2D eigenvalue weighted by molar-refractivity contribution is 7.89. The van der Waals surface area contributed by atoms with Gasteiger partial charge < -0.3 is 14.4 Å². The highest BCUT2D eigenvalue weighted by Crippen LogP contribution is 2.41. The summed E-state index contributed by atoms with van der Waals surface area (Å²) in [5.41, 5.74) is 3.72. The first-order valence-electron chi connectivity index (χ1n) is 11.0. The molecule has 4 rings (SSSR count). The first-order valence-corrected chi connectivity index (χ1v) is 14.2. The van der Waals surface area contributed by atoms with Crippen LogP contribution in [0.5, 0.6) is 5.75 Å². The Morgan fingerprint density at radius 1 is 1.06 bits per heavy atom. The number of rotatable bonds is 4. The van der Waals surface area contributed by atoms with Gasteiger partial charge in [0.1, 0.15) is 18.0 Å². The van der Waals surface area contributed by atoms with Gasteiger partial charge in [-0.1, -0.05) is 65.1 Å². The van der Waals surface area contributed by atoms with E-state index in [1.54, 1.807) is 4.90 Å². The van der Waals surface area contributed by atoms with Crippen molar-refractivity contribution in [2.45, 2.75) is 40.8 Å². The highest BCUT2D eigenvalue weighted by atomic mass is 35.6. The SMILES string of the molecule is CS(=O)(=O)Cc1ccc(-c2ccc3c(c2)CCC2(CCN(C(=O)OCC(Cl)(Cl)Cl)CC2)O3)cc1. The van der Waals surface area contributed by atoms with Crippen molar-refractivity contribution in [1.29, 1.82) is 0 Å². The molecule has 184 valence electrons. The second kappa shape index (κ2) is 9.76. The quantitative estimate of drug-likeness (QED) is 0.469. The predicted octanol–water partition coefficient (Wildman–Crippen LogP) is 5.56. The number of ether oxygens (including phenoxy) is 2. The lowest BCUT2D eigenvalue weighted by Crippen LogP contribution is -2.51. The van der Waals surface area contributed by atoms with Crippen LogP contribution in [0.15, 0.2) is 42.5 Å². The smallest absolute Gasteiger partial charge is 0.409 e. The molecule has 1 amide bonds. The number of hydrogen-bond acceptors (Lipinski definition) is 5. The number of halogens is 3. The molecule has 0 radical (unpaired) electrons. The fourth-order valence-corrected chi connectivity index (χ4v) is 5.44. The Hall–Kier alpha value is -1.67. The van der Waals surface area contributed by atoms with Gasteiger partial charge in [-0.25, -0.2) is 13.2 Å². The van der Waals surface area contributed by atoms with E-state index in [-0.39, 0.29) is 18.0 Å². The van der Waals surface area contributed by atoms with E-state index in [4.69, 9.17) is 44.3 Å². The molecule has 2 aromatic carbocycles. The summed E-state index contributed by atoms with van der Waals surface area (Å²) >= 11 is 17.0. The van der Waals surface area contributed by atoms with Crippen LogP contribution in [0.25, 0.3) is 11.1 Å². The predicted molar refractivity (Wildman–Crippen MR) is 135 cm³/mol. The average molecular weight is 547 g/mol. The minimum atomic E-state index is -3.06. The van der Waals surface area contributed by atoms with Crippen molar-refractivity contribution in [2.75, 3.05) is 26.0 Å². The summed E-state index contributed by atoms with van der Waals surface area (Å²) in [4.78, 5) is 13.9. The maximum absolute atomic E-state index is 12.2. The Morgan fingerprint density at radius 2 is 1.71 bits per heavy atom. The van der Waals surface area contributed by atoms with Gasteiger partial charge in [-0.2, -0.15) is 0 Å². The zero-order valence-electron chi connectivity index (χ0n) is 18.7. The summed E-state index contributed by atoms with van der Waals surface area (Å²) in [6.45, 7) is 0.753. The summed E-state index contributed by atoms with van der Waals surface area (Å²) < 4.78 is 32.9. The van der Waals surface area contributed by atoms with Crippen LogP contribution in [-0.2, 0) is 26.7 Å². The maximum Gasteiger partial charge on any atom is 0.409 e. The lowest BCUT2D eigenvalue weighted by Gasteiger charge is -2.44.